The molecule has 0 aromatic carbocycles. The third kappa shape index (κ3) is 29.3. The third-order valence-corrected chi connectivity index (χ3v) is 2.46. The largest absolute Gasteiger partial charge is 0.310 e. The molecule has 1 unspecified atom stereocenters. The highest BCUT2D eigenvalue weighted by Crippen LogP contribution is 2.09. The van der Waals surface area contributed by atoms with Gasteiger partial charge in [0.15, 0.2) is 0 Å². The van der Waals surface area contributed by atoms with Crippen molar-refractivity contribution in [2.24, 2.45) is 0 Å². The first kappa shape index (κ1) is 25.5. The molecule has 0 aliphatic heterocycles. The smallest absolute Gasteiger partial charge is 0.147 e. The molecule has 1 atom stereocenters. The molecule has 0 spiro atoms. The number of hydrogen-bond donors (Lipinski definition) is 0. The van der Waals surface area contributed by atoms with Gasteiger partial charge in [-0.2, -0.15) is 0 Å². The summed E-state index contributed by atoms with van der Waals surface area (Å²) in [7, 11) is 1.17. The molecular formula is C12H30Cl2OP+. The Labute approximate surface area is 117 Å². The fourth-order valence-electron chi connectivity index (χ4n) is 1.56. The van der Waals surface area contributed by atoms with Crippen molar-refractivity contribution in [1.82, 2.24) is 0 Å². The highest BCUT2D eigenvalue weighted by molar-refractivity contribution is 7.00. The van der Waals surface area contributed by atoms with Gasteiger partial charge in [-0.3, -0.25) is 0 Å². The van der Waals surface area contributed by atoms with Gasteiger partial charge in [-0.05, 0) is 0 Å². The Balaban J connectivity index is -0.000000169. The molecule has 0 amide bonds. The molecule has 0 bridgehead atoms. The van der Waals surface area contributed by atoms with E-state index in [0.29, 0.717) is 0 Å². The molecule has 0 fully saturated rings. The molecule has 0 aliphatic rings. The molecule has 0 aromatic heterocycles. The molecule has 0 saturated heterocycles. The van der Waals surface area contributed by atoms with Crippen LogP contribution in [-0.4, -0.2) is 0 Å². The summed E-state index contributed by atoms with van der Waals surface area (Å²) in [5, 5.41) is 0. The van der Waals surface area contributed by atoms with Crippen LogP contribution in [0, 0.1) is 0 Å². The molecule has 0 aromatic rings. The molecule has 0 N–H and O–H groups in total. The Morgan fingerprint density at radius 1 is 0.562 bits per heavy atom. The van der Waals surface area contributed by atoms with Crippen LogP contribution in [0.25, 0.3) is 0 Å². The van der Waals surface area contributed by atoms with Crippen LogP contribution in [0.1, 0.15) is 78.1 Å². The van der Waals surface area contributed by atoms with Gasteiger partial charge in [-0.25, -0.2) is 0 Å². The molecule has 16 heavy (non-hydrogen) atoms. The molecule has 0 saturated carbocycles. The summed E-state index contributed by atoms with van der Waals surface area (Å²) in [6.45, 7) is 4.56. The third-order valence-electron chi connectivity index (χ3n) is 2.46. The van der Waals surface area contributed by atoms with E-state index in [1.807, 2.05) is 0 Å². The van der Waals surface area contributed by atoms with E-state index >= 15 is 0 Å². The summed E-state index contributed by atoms with van der Waals surface area (Å²) in [4.78, 5) is 0. The van der Waals surface area contributed by atoms with Crippen molar-refractivity contribution >= 4 is 33.9 Å². The highest BCUT2D eigenvalue weighted by atomic mass is 35.5. The van der Waals surface area contributed by atoms with Crippen molar-refractivity contribution in [2.75, 3.05) is 0 Å². The van der Waals surface area contributed by atoms with Gasteiger partial charge in [0.1, 0.15) is 0 Å². The molecule has 0 radical (unpaired) electrons. The maximum atomic E-state index is 8.17. The van der Waals surface area contributed by atoms with Crippen molar-refractivity contribution < 1.29 is 4.57 Å². The summed E-state index contributed by atoms with van der Waals surface area (Å²) < 4.78 is 8.17. The quantitative estimate of drug-likeness (QED) is 0.377. The fourth-order valence-corrected chi connectivity index (χ4v) is 1.56. The zero-order chi connectivity index (χ0) is 11.1. The summed E-state index contributed by atoms with van der Waals surface area (Å²) in [6, 6.07) is 0. The van der Waals surface area contributed by atoms with Gasteiger partial charge in [0.25, 0.3) is 0 Å². The van der Waals surface area contributed by atoms with Crippen LogP contribution in [0.2, 0.25) is 0 Å². The minimum absolute atomic E-state index is 0. The SMILES string of the molecule is CCCCCCCCCCCC.Cl.Cl.O=[PH2+]. The van der Waals surface area contributed by atoms with E-state index in [4.69, 9.17) is 4.57 Å². The van der Waals surface area contributed by atoms with Gasteiger partial charge in [0.2, 0.25) is 0 Å². The summed E-state index contributed by atoms with van der Waals surface area (Å²) in [6.07, 6.45) is 14.4. The predicted octanol–water partition coefficient (Wildman–Crippen LogP) is 5.98. The fraction of sp³-hybridized carbons (Fsp3) is 1.00. The molecule has 0 aliphatic carbocycles. The Morgan fingerprint density at radius 2 is 0.750 bits per heavy atom. The molecule has 0 rings (SSSR count). The van der Waals surface area contributed by atoms with Crippen LogP contribution >= 0.6 is 33.9 Å². The summed E-state index contributed by atoms with van der Waals surface area (Å²) in [5.41, 5.74) is 0. The maximum Gasteiger partial charge on any atom is 0.310 e. The number of unbranched alkanes of at least 4 members (excludes halogenated alkanes) is 9. The van der Waals surface area contributed by atoms with Crippen molar-refractivity contribution in [3.63, 3.8) is 0 Å². The van der Waals surface area contributed by atoms with Gasteiger partial charge < -0.3 is 0 Å². The van der Waals surface area contributed by atoms with Gasteiger partial charge >= 0.3 is 9.12 Å². The van der Waals surface area contributed by atoms with Gasteiger partial charge in [-0.15, -0.1) is 24.8 Å². The predicted molar refractivity (Wildman–Crippen MR) is 82.4 cm³/mol. The average molecular weight is 292 g/mol. The molecule has 4 heteroatoms. The molecule has 0 heterocycles. The zero-order valence-corrected chi connectivity index (χ0v) is 13.7. The van der Waals surface area contributed by atoms with Crippen molar-refractivity contribution in [2.45, 2.75) is 78.1 Å². The minimum atomic E-state index is 0. The molecular weight excluding hydrogens is 262 g/mol. The second kappa shape index (κ2) is 29.6. The Morgan fingerprint density at radius 3 is 0.938 bits per heavy atom. The van der Waals surface area contributed by atoms with Crippen molar-refractivity contribution in [3.8, 4) is 0 Å². The summed E-state index contributed by atoms with van der Waals surface area (Å²) >= 11 is 0. The van der Waals surface area contributed by atoms with Crippen LogP contribution in [0.5, 0.6) is 0 Å². The lowest BCUT2D eigenvalue weighted by Gasteiger charge is -1.99. The van der Waals surface area contributed by atoms with E-state index < -0.39 is 0 Å². The minimum Gasteiger partial charge on any atom is -0.147 e. The lowest BCUT2D eigenvalue weighted by molar-refractivity contribution is 0.562. The first-order chi connectivity index (χ1) is 6.91. The topological polar surface area (TPSA) is 17.1 Å². The van der Waals surface area contributed by atoms with Crippen molar-refractivity contribution in [3.05, 3.63) is 0 Å². The van der Waals surface area contributed by atoms with E-state index in [9.17, 15) is 0 Å². The lowest BCUT2D eigenvalue weighted by atomic mass is 10.1. The Hall–Kier alpha value is 0.680. The second-order valence-electron chi connectivity index (χ2n) is 3.83. The number of hydrogen-bond acceptors (Lipinski definition) is 1. The average Bonchev–Trinajstić information content (AvgIpc) is 2.25. The van der Waals surface area contributed by atoms with Crippen LogP contribution < -0.4 is 0 Å². The lowest BCUT2D eigenvalue weighted by Crippen LogP contribution is -1.80. The first-order valence-corrected chi connectivity index (χ1v) is 6.62. The molecule has 102 valence electrons. The van der Waals surface area contributed by atoms with Crippen LogP contribution in [0.3, 0.4) is 0 Å². The Kier molecular flexibility index (Phi) is 47.2. The first-order valence-electron chi connectivity index (χ1n) is 6.15. The van der Waals surface area contributed by atoms with Gasteiger partial charge in [0, 0.05) is 0 Å². The van der Waals surface area contributed by atoms with Gasteiger partial charge in [-0.1, -0.05) is 82.6 Å². The van der Waals surface area contributed by atoms with Crippen LogP contribution in [0.4, 0.5) is 0 Å². The van der Waals surface area contributed by atoms with Gasteiger partial charge in [0.05, 0.1) is 0 Å². The van der Waals surface area contributed by atoms with Crippen LogP contribution in [0.15, 0.2) is 0 Å². The number of halogens is 2. The summed E-state index contributed by atoms with van der Waals surface area (Å²) in [5.74, 6) is 0. The van der Waals surface area contributed by atoms with E-state index in [2.05, 4.69) is 13.8 Å². The second-order valence-corrected chi connectivity index (χ2v) is 3.83. The highest BCUT2D eigenvalue weighted by Gasteiger charge is 1.90. The van der Waals surface area contributed by atoms with Crippen molar-refractivity contribution in [1.29, 1.82) is 0 Å². The monoisotopic (exact) mass is 291 g/mol. The van der Waals surface area contributed by atoms with E-state index in [1.54, 1.807) is 0 Å². The van der Waals surface area contributed by atoms with E-state index in [-0.39, 0.29) is 24.8 Å². The maximum absolute atomic E-state index is 8.17. The molecule has 1 nitrogen and oxygen atoms in total. The normalized spacial score (nSPS) is 8.12. The standard InChI is InChI=1S/C12H26.2ClH.H2OP/c1-3-5-7-9-11-12-10-8-6-4-2;;;1-2/h3-12H2,1-2H3;2*1H;2H2/q;;;+1. The number of rotatable bonds is 9. The Bertz CT molecular complexity index is 85.1. The van der Waals surface area contributed by atoms with Crippen LogP contribution in [-0.2, 0) is 4.57 Å². The van der Waals surface area contributed by atoms with E-state index in [1.165, 1.54) is 73.3 Å². The zero-order valence-electron chi connectivity index (χ0n) is 10.9. The van der Waals surface area contributed by atoms with E-state index in [0.717, 1.165) is 0 Å².